The van der Waals surface area contributed by atoms with Gasteiger partial charge in [0, 0.05) is 37.7 Å². The molecule has 1 aliphatic heterocycles. The molecule has 0 atom stereocenters. The first kappa shape index (κ1) is 16.0. The molecule has 1 aromatic carbocycles. The van der Waals surface area contributed by atoms with E-state index in [0.29, 0.717) is 5.95 Å². The fourth-order valence-corrected chi connectivity index (χ4v) is 2.76. The second kappa shape index (κ2) is 7.57. The summed E-state index contributed by atoms with van der Waals surface area (Å²) >= 11 is 6.00. The van der Waals surface area contributed by atoms with Gasteiger partial charge in [0.1, 0.15) is 0 Å². The summed E-state index contributed by atoms with van der Waals surface area (Å²) in [5.74, 6) is 1.46. The van der Waals surface area contributed by atoms with Crippen LogP contribution in [0.2, 0.25) is 5.02 Å². The smallest absolute Gasteiger partial charge is 0.247 e. The minimum atomic E-state index is 0.700. The van der Waals surface area contributed by atoms with Crippen molar-refractivity contribution in [3.05, 3.63) is 41.0 Å². The van der Waals surface area contributed by atoms with E-state index >= 15 is 0 Å². The Morgan fingerprint density at radius 1 is 1.22 bits per heavy atom. The van der Waals surface area contributed by atoms with Crippen molar-refractivity contribution < 1.29 is 0 Å². The van der Waals surface area contributed by atoms with Gasteiger partial charge in [-0.3, -0.25) is 0 Å². The number of aromatic nitrogens is 3. The van der Waals surface area contributed by atoms with Crippen molar-refractivity contribution in [2.75, 3.05) is 50.0 Å². The lowest BCUT2D eigenvalue weighted by Crippen LogP contribution is -2.45. The van der Waals surface area contributed by atoms with Crippen molar-refractivity contribution in [1.29, 1.82) is 0 Å². The van der Waals surface area contributed by atoms with E-state index in [4.69, 9.17) is 11.6 Å². The lowest BCUT2D eigenvalue weighted by molar-refractivity contribution is 0.311. The highest BCUT2D eigenvalue weighted by Crippen LogP contribution is 2.13. The average molecular weight is 333 g/mol. The molecule has 122 valence electrons. The highest BCUT2D eigenvalue weighted by atomic mass is 35.5. The fourth-order valence-electron chi connectivity index (χ4n) is 2.55. The van der Waals surface area contributed by atoms with E-state index in [0.717, 1.165) is 50.0 Å². The van der Waals surface area contributed by atoms with Gasteiger partial charge < -0.3 is 15.1 Å². The van der Waals surface area contributed by atoms with Gasteiger partial charge in [0.25, 0.3) is 0 Å². The molecular weight excluding hydrogens is 312 g/mol. The standard InChI is InChI=1S/C16H21ClN6/c1-22-7-9-23(10-8-22)16-20-15(12-19-21-16)18-6-5-13-3-2-4-14(17)11-13/h2-4,11-12H,5-10H2,1H3,(H,18,20,21). The van der Waals surface area contributed by atoms with Crippen LogP contribution in [0.5, 0.6) is 0 Å². The summed E-state index contributed by atoms with van der Waals surface area (Å²) < 4.78 is 0. The van der Waals surface area contributed by atoms with E-state index in [1.54, 1.807) is 6.20 Å². The lowest BCUT2D eigenvalue weighted by Gasteiger charge is -2.32. The van der Waals surface area contributed by atoms with E-state index < -0.39 is 0 Å². The zero-order valence-electron chi connectivity index (χ0n) is 13.2. The summed E-state index contributed by atoms with van der Waals surface area (Å²) in [6.45, 7) is 4.70. The number of likely N-dealkylation sites (N-methyl/N-ethyl adjacent to an activating group) is 1. The molecule has 0 spiro atoms. The van der Waals surface area contributed by atoms with Crippen LogP contribution < -0.4 is 10.2 Å². The monoisotopic (exact) mass is 332 g/mol. The number of nitrogens with one attached hydrogen (secondary N) is 1. The molecule has 1 saturated heterocycles. The second-order valence-corrected chi connectivity index (χ2v) is 6.18. The van der Waals surface area contributed by atoms with Gasteiger partial charge in [-0.2, -0.15) is 10.1 Å². The highest BCUT2D eigenvalue weighted by Gasteiger charge is 2.17. The maximum Gasteiger partial charge on any atom is 0.247 e. The van der Waals surface area contributed by atoms with Gasteiger partial charge in [-0.1, -0.05) is 23.7 Å². The Morgan fingerprint density at radius 3 is 2.83 bits per heavy atom. The molecule has 7 heteroatoms. The van der Waals surface area contributed by atoms with Crippen molar-refractivity contribution in [2.24, 2.45) is 0 Å². The normalized spacial score (nSPS) is 15.7. The van der Waals surface area contributed by atoms with E-state index in [1.807, 2.05) is 18.2 Å². The molecule has 0 aliphatic carbocycles. The van der Waals surface area contributed by atoms with Gasteiger partial charge in [0.15, 0.2) is 5.82 Å². The van der Waals surface area contributed by atoms with Crippen molar-refractivity contribution >= 4 is 23.4 Å². The molecule has 2 aromatic rings. The highest BCUT2D eigenvalue weighted by molar-refractivity contribution is 6.30. The third-order valence-electron chi connectivity index (χ3n) is 3.94. The first-order valence-electron chi connectivity index (χ1n) is 7.82. The molecule has 0 unspecified atom stereocenters. The van der Waals surface area contributed by atoms with Crippen LogP contribution in [0.1, 0.15) is 5.56 Å². The van der Waals surface area contributed by atoms with Gasteiger partial charge in [-0.25, -0.2) is 0 Å². The fraction of sp³-hybridized carbons (Fsp3) is 0.438. The Labute approximate surface area is 141 Å². The number of piperazine rings is 1. The third kappa shape index (κ3) is 4.53. The topological polar surface area (TPSA) is 57.2 Å². The molecule has 3 rings (SSSR count). The Balaban J connectivity index is 1.55. The van der Waals surface area contributed by atoms with Crippen LogP contribution in [0.25, 0.3) is 0 Å². The molecule has 6 nitrogen and oxygen atoms in total. The number of hydrogen-bond donors (Lipinski definition) is 1. The van der Waals surface area contributed by atoms with Crippen molar-refractivity contribution in [2.45, 2.75) is 6.42 Å². The maximum atomic E-state index is 6.00. The summed E-state index contributed by atoms with van der Waals surface area (Å²) in [6, 6.07) is 7.91. The summed E-state index contributed by atoms with van der Waals surface area (Å²) in [5.41, 5.74) is 1.20. The van der Waals surface area contributed by atoms with Crippen molar-refractivity contribution in [1.82, 2.24) is 20.1 Å². The van der Waals surface area contributed by atoms with Crippen LogP contribution in [-0.2, 0) is 6.42 Å². The molecule has 1 aromatic heterocycles. The molecule has 23 heavy (non-hydrogen) atoms. The number of nitrogens with zero attached hydrogens (tertiary/aromatic N) is 5. The van der Waals surface area contributed by atoms with Gasteiger partial charge >= 0.3 is 0 Å². The van der Waals surface area contributed by atoms with Crippen LogP contribution in [-0.4, -0.2) is 59.9 Å². The van der Waals surface area contributed by atoms with Crippen LogP contribution in [0.15, 0.2) is 30.5 Å². The second-order valence-electron chi connectivity index (χ2n) is 5.74. The largest absolute Gasteiger partial charge is 0.368 e. The Morgan fingerprint density at radius 2 is 2.04 bits per heavy atom. The van der Waals surface area contributed by atoms with Crippen LogP contribution in [0, 0.1) is 0 Å². The zero-order chi connectivity index (χ0) is 16.1. The van der Waals surface area contributed by atoms with Gasteiger partial charge in [0.05, 0.1) is 6.20 Å². The minimum absolute atomic E-state index is 0.700. The summed E-state index contributed by atoms with van der Waals surface area (Å²) in [4.78, 5) is 9.05. The molecule has 0 amide bonds. The number of hydrogen-bond acceptors (Lipinski definition) is 6. The van der Waals surface area contributed by atoms with E-state index in [1.165, 1.54) is 5.56 Å². The zero-order valence-corrected chi connectivity index (χ0v) is 14.0. The Bertz CT molecular complexity index is 642. The SMILES string of the molecule is CN1CCN(c2nncc(NCCc3cccc(Cl)c3)n2)CC1. The Hall–Kier alpha value is -1.92. The number of halogens is 1. The van der Waals surface area contributed by atoms with Crippen LogP contribution in [0.4, 0.5) is 11.8 Å². The molecule has 1 aliphatic rings. The van der Waals surface area contributed by atoms with E-state index in [9.17, 15) is 0 Å². The number of anilines is 2. The lowest BCUT2D eigenvalue weighted by atomic mass is 10.1. The molecular formula is C16H21ClN6. The molecule has 2 heterocycles. The van der Waals surface area contributed by atoms with Crippen LogP contribution in [0.3, 0.4) is 0 Å². The van der Waals surface area contributed by atoms with Crippen molar-refractivity contribution in [3.8, 4) is 0 Å². The minimum Gasteiger partial charge on any atom is -0.368 e. The first-order valence-corrected chi connectivity index (χ1v) is 8.20. The van der Waals surface area contributed by atoms with E-state index in [-0.39, 0.29) is 0 Å². The quantitative estimate of drug-likeness (QED) is 0.903. The van der Waals surface area contributed by atoms with Crippen molar-refractivity contribution in [3.63, 3.8) is 0 Å². The molecule has 0 bridgehead atoms. The number of rotatable bonds is 5. The maximum absolute atomic E-state index is 6.00. The summed E-state index contributed by atoms with van der Waals surface area (Å²) in [7, 11) is 2.13. The molecule has 1 fully saturated rings. The first-order chi connectivity index (χ1) is 11.2. The third-order valence-corrected chi connectivity index (χ3v) is 4.18. The molecule has 1 N–H and O–H groups in total. The van der Waals surface area contributed by atoms with Crippen LogP contribution >= 0.6 is 11.6 Å². The number of benzene rings is 1. The van der Waals surface area contributed by atoms with Gasteiger partial charge in [-0.15, -0.1) is 5.10 Å². The predicted molar refractivity (Wildman–Crippen MR) is 93.2 cm³/mol. The molecule has 0 saturated carbocycles. The Kier molecular flexibility index (Phi) is 5.25. The summed E-state index contributed by atoms with van der Waals surface area (Å²) in [6.07, 6.45) is 2.55. The summed E-state index contributed by atoms with van der Waals surface area (Å²) in [5, 5.41) is 12.3. The molecule has 0 radical (unpaired) electrons. The predicted octanol–water partition coefficient (Wildman–Crippen LogP) is 1.93. The van der Waals surface area contributed by atoms with E-state index in [2.05, 4.69) is 43.4 Å². The average Bonchev–Trinajstić information content (AvgIpc) is 2.56. The van der Waals surface area contributed by atoms with Gasteiger partial charge in [-0.05, 0) is 31.2 Å². The van der Waals surface area contributed by atoms with Gasteiger partial charge in [0.2, 0.25) is 5.95 Å².